The fraction of sp³-hybridized carbons (Fsp3) is 0.125. The van der Waals surface area contributed by atoms with Crippen molar-refractivity contribution in [2.24, 2.45) is 0 Å². The van der Waals surface area contributed by atoms with Gasteiger partial charge in [-0.3, -0.25) is 4.79 Å². The van der Waals surface area contributed by atoms with Crippen LogP contribution in [0.3, 0.4) is 0 Å². The fourth-order valence-electron chi connectivity index (χ4n) is 3.18. The Morgan fingerprint density at radius 1 is 0.871 bits per heavy atom. The lowest BCUT2D eigenvalue weighted by Gasteiger charge is -2.07. The van der Waals surface area contributed by atoms with Gasteiger partial charge in [-0.05, 0) is 29.3 Å². The molecule has 6 nitrogen and oxygen atoms in total. The van der Waals surface area contributed by atoms with Crippen LogP contribution in [0.15, 0.2) is 77.2 Å². The smallest absolute Gasteiger partial charge is 0.304 e. The first-order valence-electron chi connectivity index (χ1n) is 9.81. The first kappa shape index (κ1) is 20.8. The summed E-state index contributed by atoms with van der Waals surface area (Å²) in [5.41, 5.74) is 4.43. The number of carboxylic acid groups (broad SMARTS) is 1. The van der Waals surface area contributed by atoms with E-state index in [1.165, 1.54) is 0 Å². The largest absolute Gasteiger partial charge is 0.481 e. The van der Waals surface area contributed by atoms with E-state index >= 15 is 0 Å². The number of nitrogens with zero attached hydrogens (tertiary/aromatic N) is 2. The molecule has 0 spiro atoms. The van der Waals surface area contributed by atoms with Crippen LogP contribution in [-0.2, 0) is 11.3 Å². The Kier molecular flexibility index (Phi) is 6.40. The maximum atomic E-state index is 10.6. The van der Waals surface area contributed by atoms with Gasteiger partial charge in [0, 0.05) is 24.2 Å². The quantitative estimate of drug-likeness (QED) is 0.367. The summed E-state index contributed by atoms with van der Waals surface area (Å²) >= 11 is 6.66. The second-order valence-electron chi connectivity index (χ2n) is 6.96. The van der Waals surface area contributed by atoms with Gasteiger partial charge in [-0.2, -0.15) is 0 Å². The highest BCUT2D eigenvalue weighted by molar-refractivity contribution is 6.35. The molecule has 0 fully saturated rings. The molecule has 0 saturated carbocycles. The van der Waals surface area contributed by atoms with Crippen LogP contribution in [0, 0.1) is 0 Å². The molecule has 0 aliphatic rings. The molecule has 2 N–H and O–H groups in total. The highest BCUT2D eigenvalue weighted by atomic mass is 35.5. The Balaban J connectivity index is 1.51. The van der Waals surface area contributed by atoms with E-state index in [2.05, 4.69) is 15.5 Å². The van der Waals surface area contributed by atoms with Crippen LogP contribution in [0.25, 0.3) is 34.0 Å². The van der Waals surface area contributed by atoms with Crippen LogP contribution in [0.5, 0.6) is 0 Å². The summed E-state index contributed by atoms with van der Waals surface area (Å²) in [6.45, 7) is 1.01. The van der Waals surface area contributed by atoms with Crippen molar-refractivity contribution in [3.63, 3.8) is 0 Å². The molecule has 0 aliphatic carbocycles. The zero-order chi connectivity index (χ0) is 21.6. The minimum absolute atomic E-state index is 0.0941. The molecule has 4 rings (SSSR count). The molecule has 4 aromatic rings. The van der Waals surface area contributed by atoms with Crippen molar-refractivity contribution in [2.75, 3.05) is 6.54 Å². The van der Waals surface area contributed by atoms with Crippen LogP contribution >= 0.6 is 11.6 Å². The minimum atomic E-state index is -0.815. The van der Waals surface area contributed by atoms with Crippen LogP contribution in [-0.4, -0.2) is 27.8 Å². The number of halogens is 1. The van der Waals surface area contributed by atoms with Gasteiger partial charge in [0.15, 0.2) is 0 Å². The first-order valence-corrected chi connectivity index (χ1v) is 10.2. The molecule has 0 atom stereocenters. The Hall–Kier alpha value is -3.48. The molecular formula is C24H20ClN3O3. The Morgan fingerprint density at radius 2 is 1.58 bits per heavy atom. The number of aromatic nitrogens is 2. The SMILES string of the molecule is O=C(O)CCNCc1ccc(-c2nnc(-c3cccc(-c4ccccc4)c3Cl)o2)cc1. The molecule has 0 bridgehead atoms. The molecule has 1 heterocycles. The average molecular weight is 434 g/mol. The Bertz CT molecular complexity index is 1170. The monoisotopic (exact) mass is 433 g/mol. The van der Waals surface area contributed by atoms with Gasteiger partial charge in [0.05, 0.1) is 17.0 Å². The van der Waals surface area contributed by atoms with E-state index in [9.17, 15) is 4.79 Å². The molecular weight excluding hydrogens is 414 g/mol. The number of aliphatic carboxylic acids is 1. The molecule has 7 heteroatoms. The lowest BCUT2D eigenvalue weighted by molar-refractivity contribution is -0.136. The molecule has 0 aliphatic heterocycles. The number of hydrogen-bond acceptors (Lipinski definition) is 5. The van der Waals surface area contributed by atoms with Gasteiger partial charge in [0.2, 0.25) is 11.8 Å². The van der Waals surface area contributed by atoms with Gasteiger partial charge in [0.25, 0.3) is 0 Å². The summed E-state index contributed by atoms with van der Waals surface area (Å²) in [6.07, 6.45) is 0.0941. The number of carbonyl (C=O) groups is 1. The molecule has 1 aromatic heterocycles. The van der Waals surface area contributed by atoms with E-state index in [0.29, 0.717) is 35.5 Å². The number of hydrogen-bond donors (Lipinski definition) is 2. The third kappa shape index (κ3) is 4.99. The molecule has 0 unspecified atom stereocenters. The van der Waals surface area contributed by atoms with E-state index < -0.39 is 5.97 Å². The van der Waals surface area contributed by atoms with Gasteiger partial charge in [-0.1, -0.05) is 66.2 Å². The van der Waals surface area contributed by atoms with Crippen molar-refractivity contribution in [1.29, 1.82) is 0 Å². The van der Waals surface area contributed by atoms with Crippen molar-refractivity contribution >= 4 is 17.6 Å². The molecule has 31 heavy (non-hydrogen) atoms. The van der Waals surface area contributed by atoms with Crippen molar-refractivity contribution in [3.8, 4) is 34.0 Å². The van der Waals surface area contributed by atoms with Gasteiger partial charge < -0.3 is 14.8 Å². The summed E-state index contributed by atoms with van der Waals surface area (Å²) in [7, 11) is 0. The zero-order valence-electron chi connectivity index (χ0n) is 16.6. The Labute approximate surface area is 184 Å². The molecule has 0 saturated heterocycles. The van der Waals surface area contributed by atoms with Crippen LogP contribution in [0.1, 0.15) is 12.0 Å². The van der Waals surface area contributed by atoms with Crippen molar-refractivity contribution in [3.05, 3.63) is 83.4 Å². The third-order valence-corrected chi connectivity index (χ3v) is 5.19. The zero-order valence-corrected chi connectivity index (χ0v) is 17.3. The topological polar surface area (TPSA) is 88.2 Å². The van der Waals surface area contributed by atoms with Crippen LogP contribution in [0.4, 0.5) is 0 Å². The Morgan fingerprint density at radius 3 is 2.32 bits per heavy atom. The van der Waals surface area contributed by atoms with Crippen LogP contribution < -0.4 is 5.32 Å². The number of nitrogens with one attached hydrogen (secondary N) is 1. The molecule has 156 valence electrons. The summed E-state index contributed by atoms with van der Waals surface area (Å²) in [5, 5.41) is 20.7. The predicted molar refractivity (Wildman–Crippen MR) is 120 cm³/mol. The summed E-state index contributed by atoms with van der Waals surface area (Å²) in [6, 6.07) is 23.3. The lowest BCUT2D eigenvalue weighted by Crippen LogP contribution is -2.17. The van der Waals surface area contributed by atoms with Crippen molar-refractivity contribution < 1.29 is 14.3 Å². The van der Waals surface area contributed by atoms with Crippen LogP contribution in [0.2, 0.25) is 5.02 Å². The number of rotatable bonds is 8. The van der Waals surface area contributed by atoms with E-state index in [4.69, 9.17) is 21.1 Å². The van der Waals surface area contributed by atoms with Crippen molar-refractivity contribution in [2.45, 2.75) is 13.0 Å². The normalized spacial score (nSPS) is 10.9. The fourth-order valence-corrected chi connectivity index (χ4v) is 3.50. The highest BCUT2D eigenvalue weighted by Crippen LogP contribution is 2.36. The van der Waals surface area contributed by atoms with Gasteiger partial charge >= 0.3 is 5.97 Å². The lowest BCUT2D eigenvalue weighted by atomic mass is 10.0. The van der Waals surface area contributed by atoms with E-state index in [1.807, 2.05) is 72.8 Å². The third-order valence-electron chi connectivity index (χ3n) is 4.78. The summed E-state index contributed by atoms with van der Waals surface area (Å²) in [4.78, 5) is 10.6. The van der Waals surface area contributed by atoms with Crippen molar-refractivity contribution in [1.82, 2.24) is 15.5 Å². The van der Waals surface area contributed by atoms with E-state index in [-0.39, 0.29) is 6.42 Å². The maximum absolute atomic E-state index is 10.6. The summed E-state index contributed by atoms with van der Waals surface area (Å²) < 4.78 is 5.90. The second-order valence-corrected chi connectivity index (χ2v) is 7.34. The van der Waals surface area contributed by atoms with Gasteiger partial charge in [0.1, 0.15) is 0 Å². The first-order chi connectivity index (χ1) is 15.1. The van der Waals surface area contributed by atoms with Gasteiger partial charge in [-0.25, -0.2) is 0 Å². The van der Waals surface area contributed by atoms with E-state index in [1.54, 1.807) is 0 Å². The summed E-state index contributed by atoms with van der Waals surface area (Å²) in [5.74, 6) is -0.0526. The molecule has 0 radical (unpaired) electrons. The average Bonchev–Trinajstić information content (AvgIpc) is 3.28. The standard InChI is InChI=1S/C24H20ClN3O3/c25-22-19(17-5-2-1-3-6-17)7-4-8-20(22)24-28-27-23(31-24)18-11-9-16(10-12-18)15-26-14-13-21(29)30/h1-12,26H,13-15H2,(H,29,30). The highest BCUT2D eigenvalue weighted by Gasteiger charge is 2.16. The predicted octanol–water partition coefficient (Wildman–Crippen LogP) is 5.29. The molecule has 0 amide bonds. The number of carboxylic acids is 1. The minimum Gasteiger partial charge on any atom is -0.481 e. The molecule has 3 aromatic carbocycles. The maximum Gasteiger partial charge on any atom is 0.304 e. The van der Waals surface area contributed by atoms with E-state index in [0.717, 1.165) is 22.3 Å². The second kappa shape index (κ2) is 9.55. The number of benzene rings is 3. The van der Waals surface area contributed by atoms with Gasteiger partial charge in [-0.15, -0.1) is 10.2 Å².